The molecule has 20 heavy (non-hydrogen) atoms. The lowest BCUT2D eigenvalue weighted by molar-refractivity contribution is -0.0201. The summed E-state index contributed by atoms with van der Waals surface area (Å²) in [6.07, 6.45) is 3.41. The van der Waals surface area contributed by atoms with Crippen LogP contribution in [-0.2, 0) is 9.57 Å². The van der Waals surface area contributed by atoms with Gasteiger partial charge in [0.2, 0.25) is 5.90 Å². The first-order chi connectivity index (χ1) is 9.68. The molecule has 0 aromatic heterocycles. The summed E-state index contributed by atoms with van der Waals surface area (Å²) < 4.78 is 6.16. The van der Waals surface area contributed by atoms with Crippen molar-refractivity contribution in [2.45, 2.75) is 46.1 Å². The molecule has 0 radical (unpaired) electrons. The van der Waals surface area contributed by atoms with Crippen LogP contribution in [-0.4, -0.2) is 56.2 Å². The van der Waals surface area contributed by atoms with Crippen molar-refractivity contribution in [2.75, 3.05) is 39.3 Å². The highest BCUT2D eigenvalue weighted by Gasteiger charge is 2.38. The van der Waals surface area contributed by atoms with E-state index in [0.29, 0.717) is 6.61 Å². The second-order valence-corrected chi connectivity index (χ2v) is 6.14. The summed E-state index contributed by atoms with van der Waals surface area (Å²) >= 11 is 0. The zero-order valence-electron chi connectivity index (χ0n) is 13.2. The number of hydrogen-bond donors (Lipinski definition) is 1. The third kappa shape index (κ3) is 3.85. The van der Waals surface area contributed by atoms with Gasteiger partial charge in [-0.2, -0.15) is 0 Å². The first-order valence-corrected chi connectivity index (χ1v) is 7.98. The SMILES string of the molecule is CCCN(CC)CC1CON=C(C2(C)CCNCC2)O1. The highest BCUT2D eigenvalue weighted by atomic mass is 16.7. The van der Waals surface area contributed by atoms with Crippen molar-refractivity contribution in [3.05, 3.63) is 0 Å². The van der Waals surface area contributed by atoms with Gasteiger partial charge in [0, 0.05) is 12.0 Å². The molecule has 0 saturated carbocycles. The predicted octanol–water partition coefficient (Wildman–Crippen LogP) is 1.84. The van der Waals surface area contributed by atoms with Gasteiger partial charge in [-0.15, -0.1) is 0 Å². The lowest BCUT2D eigenvalue weighted by Crippen LogP contribution is -2.47. The van der Waals surface area contributed by atoms with Crippen molar-refractivity contribution in [2.24, 2.45) is 10.6 Å². The van der Waals surface area contributed by atoms with Gasteiger partial charge in [0.15, 0.2) is 6.61 Å². The molecule has 0 aromatic carbocycles. The van der Waals surface area contributed by atoms with Crippen LogP contribution in [0.2, 0.25) is 0 Å². The number of hydrogen-bond acceptors (Lipinski definition) is 5. The average Bonchev–Trinajstić information content (AvgIpc) is 2.48. The van der Waals surface area contributed by atoms with Gasteiger partial charge in [0.05, 0.1) is 0 Å². The van der Waals surface area contributed by atoms with Crippen LogP contribution >= 0.6 is 0 Å². The number of oxime groups is 1. The average molecular weight is 283 g/mol. The van der Waals surface area contributed by atoms with E-state index in [-0.39, 0.29) is 11.5 Å². The molecule has 5 nitrogen and oxygen atoms in total. The Labute approximate surface area is 122 Å². The fraction of sp³-hybridized carbons (Fsp3) is 0.933. The fourth-order valence-corrected chi connectivity index (χ4v) is 2.91. The standard InChI is InChI=1S/C15H29N3O2/c1-4-10-18(5-2)11-13-12-19-17-14(20-13)15(3)6-8-16-9-7-15/h13,16H,4-12H2,1-3H3. The second kappa shape index (κ2) is 7.27. The van der Waals surface area contributed by atoms with Gasteiger partial charge in [-0.05, 0) is 45.4 Å². The van der Waals surface area contributed by atoms with Gasteiger partial charge in [-0.25, -0.2) is 0 Å². The Morgan fingerprint density at radius 2 is 2.10 bits per heavy atom. The van der Waals surface area contributed by atoms with E-state index in [9.17, 15) is 0 Å². The van der Waals surface area contributed by atoms with Crippen molar-refractivity contribution in [3.8, 4) is 0 Å². The Morgan fingerprint density at radius 1 is 1.35 bits per heavy atom. The third-order valence-corrected chi connectivity index (χ3v) is 4.36. The summed E-state index contributed by atoms with van der Waals surface area (Å²) in [5, 5.41) is 7.59. The van der Waals surface area contributed by atoms with Gasteiger partial charge >= 0.3 is 0 Å². The minimum absolute atomic E-state index is 0.0335. The molecular formula is C15H29N3O2. The number of ether oxygens (including phenoxy) is 1. The first kappa shape index (κ1) is 15.6. The largest absolute Gasteiger partial charge is 0.470 e. The molecule has 1 atom stereocenters. The van der Waals surface area contributed by atoms with Crippen LogP contribution in [0, 0.1) is 5.41 Å². The van der Waals surface area contributed by atoms with Crippen molar-refractivity contribution < 1.29 is 9.57 Å². The molecule has 2 heterocycles. The predicted molar refractivity (Wildman–Crippen MR) is 80.9 cm³/mol. The zero-order chi connectivity index (χ0) is 14.4. The van der Waals surface area contributed by atoms with E-state index in [1.54, 1.807) is 0 Å². The Kier molecular flexibility index (Phi) is 5.66. The Bertz CT molecular complexity index is 327. The Morgan fingerprint density at radius 3 is 2.75 bits per heavy atom. The molecule has 0 aromatic rings. The highest BCUT2D eigenvalue weighted by molar-refractivity contribution is 5.82. The number of rotatable bonds is 6. The maximum Gasteiger partial charge on any atom is 0.232 e. The molecule has 2 aliphatic heterocycles. The lowest BCUT2D eigenvalue weighted by Gasteiger charge is -2.38. The van der Waals surface area contributed by atoms with Crippen LogP contribution in [0.1, 0.15) is 40.0 Å². The van der Waals surface area contributed by atoms with Gasteiger partial charge in [0.1, 0.15) is 6.10 Å². The summed E-state index contributed by atoms with van der Waals surface area (Å²) in [4.78, 5) is 7.87. The van der Waals surface area contributed by atoms with Crippen molar-refractivity contribution in [1.82, 2.24) is 10.2 Å². The third-order valence-electron chi connectivity index (χ3n) is 4.36. The lowest BCUT2D eigenvalue weighted by atomic mass is 9.80. The van der Waals surface area contributed by atoms with Crippen LogP contribution in [0.4, 0.5) is 0 Å². The van der Waals surface area contributed by atoms with E-state index in [1.165, 1.54) is 6.42 Å². The van der Waals surface area contributed by atoms with E-state index in [2.05, 4.69) is 36.1 Å². The van der Waals surface area contributed by atoms with Crippen LogP contribution in [0.15, 0.2) is 5.16 Å². The smallest absolute Gasteiger partial charge is 0.232 e. The maximum atomic E-state index is 6.16. The molecule has 1 N–H and O–H groups in total. The first-order valence-electron chi connectivity index (χ1n) is 7.98. The van der Waals surface area contributed by atoms with Crippen molar-refractivity contribution in [3.63, 3.8) is 0 Å². The zero-order valence-corrected chi connectivity index (χ0v) is 13.2. The molecule has 5 heteroatoms. The molecule has 0 spiro atoms. The molecule has 116 valence electrons. The molecule has 2 rings (SSSR count). The molecule has 1 saturated heterocycles. The molecule has 0 bridgehead atoms. The van der Waals surface area contributed by atoms with Crippen LogP contribution in [0.25, 0.3) is 0 Å². The molecular weight excluding hydrogens is 254 g/mol. The molecule has 1 fully saturated rings. The van der Waals surface area contributed by atoms with E-state index < -0.39 is 0 Å². The normalized spacial score (nSPS) is 25.8. The number of likely N-dealkylation sites (N-methyl/N-ethyl adjacent to an activating group) is 1. The quantitative estimate of drug-likeness (QED) is 0.808. The highest BCUT2D eigenvalue weighted by Crippen LogP contribution is 2.32. The monoisotopic (exact) mass is 283 g/mol. The number of nitrogens with zero attached hydrogens (tertiary/aromatic N) is 2. The molecule has 0 aliphatic carbocycles. The van der Waals surface area contributed by atoms with Gasteiger partial charge in [-0.1, -0.05) is 25.9 Å². The van der Waals surface area contributed by atoms with Gasteiger partial charge in [0.25, 0.3) is 0 Å². The van der Waals surface area contributed by atoms with E-state index in [0.717, 1.165) is 51.5 Å². The number of nitrogens with one attached hydrogen (secondary N) is 1. The Hall–Kier alpha value is -0.810. The number of piperidine rings is 1. The molecule has 0 amide bonds. The topological polar surface area (TPSA) is 46.1 Å². The second-order valence-electron chi connectivity index (χ2n) is 6.14. The van der Waals surface area contributed by atoms with E-state index in [1.807, 2.05) is 0 Å². The summed E-state index contributed by atoms with van der Waals surface area (Å²) in [5.41, 5.74) is 0.0335. The van der Waals surface area contributed by atoms with Gasteiger partial charge < -0.3 is 14.9 Å². The summed E-state index contributed by atoms with van der Waals surface area (Å²) in [7, 11) is 0. The van der Waals surface area contributed by atoms with Crippen molar-refractivity contribution in [1.29, 1.82) is 0 Å². The van der Waals surface area contributed by atoms with E-state index >= 15 is 0 Å². The van der Waals surface area contributed by atoms with Crippen molar-refractivity contribution >= 4 is 5.90 Å². The minimum Gasteiger partial charge on any atom is -0.470 e. The fourth-order valence-electron chi connectivity index (χ4n) is 2.91. The van der Waals surface area contributed by atoms with Crippen LogP contribution in [0.5, 0.6) is 0 Å². The van der Waals surface area contributed by atoms with Crippen LogP contribution < -0.4 is 5.32 Å². The van der Waals surface area contributed by atoms with Gasteiger partial charge in [-0.3, -0.25) is 4.90 Å². The van der Waals surface area contributed by atoms with Crippen LogP contribution in [0.3, 0.4) is 0 Å². The van der Waals surface area contributed by atoms with E-state index in [4.69, 9.17) is 9.57 Å². The summed E-state index contributed by atoms with van der Waals surface area (Å²) in [6.45, 7) is 12.4. The maximum absolute atomic E-state index is 6.16. The Balaban J connectivity index is 1.92. The minimum atomic E-state index is 0.0335. The summed E-state index contributed by atoms with van der Waals surface area (Å²) in [5.74, 6) is 0.808. The molecule has 1 unspecified atom stereocenters. The summed E-state index contributed by atoms with van der Waals surface area (Å²) in [6, 6.07) is 0. The molecule has 2 aliphatic rings.